The Kier molecular flexibility index (Phi) is 5.91. The molecule has 1 N–H and O–H groups in total. The first-order valence-electron chi connectivity index (χ1n) is 10.6. The summed E-state index contributed by atoms with van der Waals surface area (Å²) in [4.78, 5) is 16.5. The second-order valence-corrected chi connectivity index (χ2v) is 9.49. The zero-order valence-electron chi connectivity index (χ0n) is 18.2. The summed E-state index contributed by atoms with van der Waals surface area (Å²) in [6.45, 7) is 14.4. The number of nitrogens with one attached hydrogen (secondary N) is 1. The summed E-state index contributed by atoms with van der Waals surface area (Å²) in [6, 6.07) is 5.01. The highest BCUT2D eigenvalue weighted by Crippen LogP contribution is 2.36. The third kappa shape index (κ3) is 4.13. The number of rotatable bonds is 6. The molecule has 0 bridgehead atoms. The normalized spacial score (nSPS) is 19.5. The van der Waals surface area contributed by atoms with E-state index in [0.29, 0.717) is 18.4 Å². The minimum absolute atomic E-state index is 0.0718. The molecule has 0 saturated carbocycles. The lowest BCUT2D eigenvalue weighted by Crippen LogP contribution is -2.73. The molecule has 0 amide bonds. The van der Waals surface area contributed by atoms with Crippen molar-refractivity contribution in [3.8, 4) is 6.07 Å². The van der Waals surface area contributed by atoms with Crippen molar-refractivity contribution in [2.45, 2.75) is 45.7 Å². The Balaban J connectivity index is 1.46. The fourth-order valence-electron chi connectivity index (χ4n) is 4.44. The van der Waals surface area contributed by atoms with Crippen LogP contribution in [-0.2, 0) is 0 Å². The van der Waals surface area contributed by atoms with E-state index in [0.717, 1.165) is 61.3 Å². The van der Waals surface area contributed by atoms with E-state index < -0.39 is 0 Å². The van der Waals surface area contributed by atoms with E-state index in [-0.39, 0.29) is 5.54 Å². The Morgan fingerprint density at radius 1 is 1.23 bits per heavy atom. The van der Waals surface area contributed by atoms with Crippen molar-refractivity contribution in [1.82, 2.24) is 24.1 Å². The molecule has 2 aliphatic rings. The second-order valence-electron chi connectivity index (χ2n) is 8.69. The highest BCUT2D eigenvalue weighted by atomic mass is 32.1. The van der Waals surface area contributed by atoms with Crippen molar-refractivity contribution in [2.24, 2.45) is 0 Å². The lowest BCUT2D eigenvalue weighted by Gasteiger charge is -2.57. The first-order chi connectivity index (χ1) is 14.4. The van der Waals surface area contributed by atoms with Crippen LogP contribution in [0, 0.1) is 25.2 Å². The molecule has 2 aromatic heterocycles. The molecule has 0 spiro atoms. The van der Waals surface area contributed by atoms with Gasteiger partial charge in [0.2, 0.25) is 5.95 Å². The fraction of sp³-hybridized carbons (Fsp3) is 0.619. The first-order valence-corrected chi connectivity index (χ1v) is 11.3. The van der Waals surface area contributed by atoms with Crippen LogP contribution in [0.15, 0.2) is 12.3 Å². The van der Waals surface area contributed by atoms with Crippen molar-refractivity contribution >= 4 is 28.3 Å². The average molecular weight is 427 g/mol. The maximum Gasteiger partial charge on any atom is 0.229 e. The van der Waals surface area contributed by atoms with Crippen molar-refractivity contribution in [3.05, 3.63) is 23.5 Å². The summed E-state index contributed by atoms with van der Waals surface area (Å²) < 4.78 is 4.30. The molecule has 4 heterocycles. The summed E-state index contributed by atoms with van der Waals surface area (Å²) in [7, 11) is 0. The average Bonchev–Trinajstić information content (AvgIpc) is 3.11. The predicted molar refractivity (Wildman–Crippen MR) is 120 cm³/mol. The molecule has 0 atom stereocenters. The van der Waals surface area contributed by atoms with Crippen LogP contribution in [-0.4, -0.2) is 75.0 Å². The molecule has 9 heteroatoms. The zero-order chi connectivity index (χ0) is 21.3. The van der Waals surface area contributed by atoms with Crippen LogP contribution in [0.1, 0.15) is 31.5 Å². The van der Waals surface area contributed by atoms with E-state index in [9.17, 15) is 5.26 Å². The van der Waals surface area contributed by atoms with Gasteiger partial charge in [0.1, 0.15) is 10.8 Å². The molecule has 30 heavy (non-hydrogen) atoms. The SMILES string of the molecule is Cc1cc(Nc2ncc(C)c(N3CC(CC#N)(N4CCN(C(C)C)CC4)C3)n2)sn1. The Hall–Kier alpha value is -2.28. The van der Waals surface area contributed by atoms with Crippen LogP contribution in [0.5, 0.6) is 0 Å². The molecular weight excluding hydrogens is 396 g/mol. The van der Waals surface area contributed by atoms with Gasteiger partial charge >= 0.3 is 0 Å². The third-order valence-electron chi connectivity index (χ3n) is 6.20. The van der Waals surface area contributed by atoms with Gasteiger partial charge in [-0.1, -0.05) is 0 Å². The molecular formula is C21H30N8S. The number of hydrogen-bond acceptors (Lipinski definition) is 9. The quantitative estimate of drug-likeness (QED) is 0.755. The smallest absolute Gasteiger partial charge is 0.229 e. The van der Waals surface area contributed by atoms with Crippen LogP contribution < -0.4 is 10.2 Å². The topological polar surface area (TPSA) is 84.2 Å². The van der Waals surface area contributed by atoms with Gasteiger partial charge in [-0.2, -0.15) is 14.6 Å². The van der Waals surface area contributed by atoms with E-state index in [1.165, 1.54) is 11.5 Å². The van der Waals surface area contributed by atoms with E-state index in [4.69, 9.17) is 4.98 Å². The maximum atomic E-state index is 9.51. The summed E-state index contributed by atoms with van der Waals surface area (Å²) in [5.41, 5.74) is 1.96. The molecule has 2 saturated heterocycles. The molecule has 4 rings (SSSR count). The van der Waals surface area contributed by atoms with Crippen LogP contribution in [0.3, 0.4) is 0 Å². The third-order valence-corrected chi connectivity index (χ3v) is 7.00. The second kappa shape index (κ2) is 8.46. The van der Waals surface area contributed by atoms with Gasteiger partial charge in [0, 0.05) is 57.1 Å². The monoisotopic (exact) mass is 426 g/mol. The number of aromatic nitrogens is 3. The van der Waals surface area contributed by atoms with Crippen LogP contribution in [0.2, 0.25) is 0 Å². The maximum absolute atomic E-state index is 9.51. The van der Waals surface area contributed by atoms with E-state index in [1.54, 1.807) is 0 Å². The number of hydrogen-bond donors (Lipinski definition) is 1. The van der Waals surface area contributed by atoms with Gasteiger partial charge in [-0.05, 0) is 45.3 Å². The summed E-state index contributed by atoms with van der Waals surface area (Å²) in [6.07, 6.45) is 2.42. The van der Waals surface area contributed by atoms with E-state index >= 15 is 0 Å². The van der Waals surface area contributed by atoms with E-state index in [1.807, 2.05) is 26.1 Å². The molecule has 2 aliphatic heterocycles. The predicted octanol–water partition coefficient (Wildman–Crippen LogP) is 2.79. The molecule has 8 nitrogen and oxygen atoms in total. The Bertz CT molecular complexity index is 919. The van der Waals surface area contributed by atoms with Crippen molar-refractivity contribution < 1.29 is 0 Å². The van der Waals surface area contributed by atoms with Crippen LogP contribution >= 0.6 is 11.5 Å². The molecule has 0 aromatic carbocycles. The van der Waals surface area contributed by atoms with Crippen molar-refractivity contribution in [2.75, 3.05) is 49.5 Å². The molecule has 0 unspecified atom stereocenters. The molecule has 0 aliphatic carbocycles. The number of piperazine rings is 1. The van der Waals surface area contributed by atoms with Gasteiger partial charge in [0.05, 0.1) is 23.7 Å². The zero-order valence-corrected chi connectivity index (χ0v) is 19.0. The van der Waals surface area contributed by atoms with Gasteiger partial charge in [-0.15, -0.1) is 0 Å². The van der Waals surface area contributed by atoms with Gasteiger partial charge in [0.15, 0.2) is 0 Å². The number of aryl methyl sites for hydroxylation is 2. The fourth-order valence-corrected chi connectivity index (χ4v) is 5.10. The van der Waals surface area contributed by atoms with Crippen LogP contribution in [0.25, 0.3) is 0 Å². The minimum Gasteiger partial charge on any atom is -0.352 e. The number of nitriles is 1. The number of nitrogens with zero attached hydrogens (tertiary/aromatic N) is 7. The molecule has 0 radical (unpaired) electrons. The lowest BCUT2D eigenvalue weighted by molar-refractivity contribution is 0.00704. The lowest BCUT2D eigenvalue weighted by atomic mass is 9.83. The van der Waals surface area contributed by atoms with E-state index in [2.05, 4.69) is 49.3 Å². The largest absolute Gasteiger partial charge is 0.352 e. The first kappa shape index (κ1) is 21.0. The minimum atomic E-state index is -0.0718. The molecule has 2 fully saturated rings. The molecule has 2 aromatic rings. The van der Waals surface area contributed by atoms with Gasteiger partial charge in [0.25, 0.3) is 0 Å². The van der Waals surface area contributed by atoms with Gasteiger partial charge < -0.3 is 10.2 Å². The summed E-state index contributed by atoms with van der Waals surface area (Å²) >= 11 is 1.41. The van der Waals surface area contributed by atoms with Gasteiger partial charge in [-0.3, -0.25) is 9.80 Å². The molecule has 160 valence electrons. The Morgan fingerprint density at radius 2 is 1.97 bits per heavy atom. The summed E-state index contributed by atoms with van der Waals surface area (Å²) in [5.74, 6) is 1.53. The van der Waals surface area contributed by atoms with Crippen molar-refractivity contribution in [1.29, 1.82) is 5.26 Å². The highest BCUT2D eigenvalue weighted by molar-refractivity contribution is 7.10. The Labute approximate surface area is 182 Å². The van der Waals surface area contributed by atoms with Gasteiger partial charge in [-0.25, -0.2) is 4.98 Å². The Morgan fingerprint density at radius 3 is 2.57 bits per heavy atom. The van der Waals surface area contributed by atoms with Crippen molar-refractivity contribution in [3.63, 3.8) is 0 Å². The van der Waals surface area contributed by atoms with Crippen LogP contribution in [0.4, 0.5) is 16.8 Å². The standard InChI is InChI=1S/C21H30N8S/c1-15(2)27-7-9-29(10-8-27)21(5-6-22)13-28(14-21)19-16(3)12-23-20(25-19)24-18-11-17(4)26-30-18/h11-12,15H,5,7-10,13-14H2,1-4H3,(H,23,24,25). The summed E-state index contributed by atoms with van der Waals surface area (Å²) in [5, 5.41) is 13.7. The highest BCUT2D eigenvalue weighted by Gasteiger charge is 2.49. The number of anilines is 3.